The van der Waals surface area contributed by atoms with E-state index in [4.69, 9.17) is 4.74 Å². The number of benzene rings is 1. The number of thiazole rings is 1. The van der Waals surface area contributed by atoms with E-state index in [0.29, 0.717) is 19.8 Å². The van der Waals surface area contributed by atoms with E-state index in [-0.39, 0.29) is 10.8 Å². The van der Waals surface area contributed by atoms with Crippen LogP contribution >= 0.6 is 11.3 Å². The third-order valence-electron chi connectivity index (χ3n) is 3.55. The van der Waals surface area contributed by atoms with Crippen molar-refractivity contribution in [2.75, 3.05) is 32.8 Å². The minimum atomic E-state index is -3.51. The van der Waals surface area contributed by atoms with Crippen molar-refractivity contribution in [3.8, 4) is 0 Å². The molecule has 8 heteroatoms. The average Bonchev–Trinajstić information content (AvgIpc) is 2.69. The highest BCUT2D eigenvalue weighted by Gasteiger charge is 2.19. The van der Waals surface area contributed by atoms with Crippen molar-refractivity contribution in [2.24, 2.45) is 5.92 Å². The zero-order chi connectivity index (χ0) is 15.6. The molecule has 2 N–H and O–H groups in total. The van der Waals surface area contributed by atoms with E-state index >= 15 is 0 Å². The number of aryl methyl sites for hydroxylation is 1. The molecule has 120 valence electrons. The average molecular weight is 341 g/mol. The smallest absolute Gasteiger partial charge is 0.240 e. The highest BCUT2D eigenvalue weighted by molar-refractivity contribution is 7.89. The monoisotopic (exact) mass is 341 g/mol. The van der Waals surface area contributed by atoms with Crippen molar-refractivity contribution in [1.29, 1.82) is 0 Å². The van der Waals surface area contributed by atoms with Crippen LogP contribution in [0.1, 0.15) is 5.01 Å². The van der Waals surface area contributed by atoms with Gasteiger partial charge in [0.2, 0.25) is 10.0 Å². The topological polar surface area (TPSA) is 80.3 Å². The third kappa shape index (κ3) is 3.64. The molecule has 6 nitrogen and oxygen atoms in total. The first-order chi connectivity index (χ1) is 10.5. The maximum Gasteiger partial charge on any atom is 0.240 e. The van der Waals surface area contributed by atoms with Gasteiger partial charge in [0, 0.05) is 25.6 Å². The molecule has 2 heterocycles. The van der Waals surface area contributed by atoms with Crippen LogP contribution in [0, 0.1) is 12.8 Å². The van der Waals surface area contributed by atoms with E-state index in [9.17, 15) is 8.42 Å². The fraction of sp³-hybridized carbons (Fsp3) is 0.500. The largest absolute Gasteiger partial charge is 0.380 e. The molecule has 22 heavy (non-hydrogen) atoms. The van der Waals surface area contributed by atoms with Crippen molar-refractivity contribution in [3.63, 3.8) is 0 Å². The summed E-state index contributed by atoms with van der Waals surface area (Å²) in [5, 5.41) is 4.16. The zero-order valence-electron chi connectivity index (χ0n) is 12.3. The summed E-state index contributed by atoms with van der Waals surface area (Å²) in [7, 11) is -3.51. The quantitative estimate of drug-likeness (QED) is 0.871. The molecule has 1 unspecified atom stereocenters. The van der Waals surface area contributed by atoms with Gasteiger partial charge in [0.05, 0.1) is 33.3 Å². The number of hydrogen-bond donors (Lipinski definition) is 2. The number of rotatable bonds is 4. The summed E-state index contributed by atoms with van der Waals surface area (Å²) < 4.78 is 33.9. The minimum absolute atomic E-state index is 0.145. The predicted octanol–water partition coefficient (Wildman–Crippen LogP) is 1.12. The summed E-state index contributed by atoms with van der Waals surface area (Å²) in [5.74, 6) is 0.145. The van der Waals surface area contributed by atoms with Crippen LogP contribution in [0.2, 0.25) is 0 Å². The highest BCUT2D eigenvalue weighted by Crippen LogP contribution is 2.24. The summed E-state index contributed by atoms with van der Waals surface area (Å²) >= 11 is 1.50. The van der Waals surface area contributed by atoms with Gasteiger partial charge in [-0.15, -0.1) is 11.3 Å². The standard InChI is InChI=1S/C14H19N3O3S2/c1-10-17-13-3-2-12(6-14(13)21-10)22(18,19)16-8-11-7-15-4-5-20-9-11/h2-3,6,11,15-16H,4-5,7-9H2,1H3. The number of ether oxygens (including phenoxy) is 1. The Bertz CT molecular complexity index is 750. The van der Waals surface area contributed by atoms with Gasteiger partial charge in [0.15, 0.2) is 0 Å². The van der Waals surface area contributed by atoms with E-state index in [2.05, 4.69) is 15.0 Å². The van der Waals surface area contributed by atoms with Gasteiger partial charge in [0.25, 0.3) is 0 Å². The maximum atomic E-state index is 12.4. The van der Waals surface area contributed by atoms with E-state index < -0.39 is 10.0 Å². The lowest BCUT2D eigenvalue weighted by atomic mass is 10.2. The first kappa shape index (κ1) is 15.8. The molecule has 0 saturated carbocycles. The predicted molar refractivity (Wildman–Crippen MR) is 86.7 cm³/mol. The lowest BCUT2D eigenvalue weighted by molar-refractivity contribution is 0.124. The van der Waals surface area contributed by atoms with E-state index in [1.165, 1.54) is 11.3 Å². The number of nitrogens with zero attached hydrogens (tertiary/aromatic N) is 1. The molecule has 1 aliphatic heterocycles. The van der Waals surface area contributed by atoms with Crippen LogP contribution in [-0.4, -0.2) is 46.2 Å². The summed E-state index contributed by atoms with van der Waals surface area (Å²) in [6.07, 6.45) is 0. The molecule has 0 amide bonds. The van der Waals surface area contributed by atoms with E-state index in [0.717, 1.165) is 28.3 Å². The Balaban J connectivity index is 1.72. The molecule has 1 aliphatic rings. The Kier molecular flexibility index (Phi) is 4.74. The Morgan fingerprint density at radius 1 is 1.50 bits per heavy atom. The first-order valence-corrected chi connectivity index (χ1v) is 9.50. The maximum absolute atomic E-state index is 12.4. The lowest BCUT2D eigenvalue weighted by Crippen LogP contribution is -2.35. The van der Waals surface area contributed by atoms with Crippen LogP contribution in [0.3, 0.4) is 0 Å². The normalized spacial score (nSPS) is 20.1. The van der Waals surface area contributed by atoms with Gasteiger partial charge >= 0.3 is 0 Å². The van der Waals surface area contributed by atoms with Gasteiger partial charge in [-0.1, -0.05) is 0 Å². The Labute approximate surface area is 133 Å². The molecular formula is C14H19N3O3S2. The van der Waals surface area contributed by atoms with Gasteiger partial charge in [-0.25, -0.2) is 18.1 Å². The van der Waals surface area contributed by atoms with Crippen LogP contribution in [0.4, 0.5) is 0 Å². The number of fused-ring (bicyclic) bond motifs is 1. The molecule has 1 aromatic heterocycles. The third-order valence-corrected chi connectivity index (χ3v) is 5.90. The Morgan fingerprint density at radius 3 is 3.23 bits per heavy atom. The van der Waals surface area contributed by atoms with E-state index in [1.54, 1.807) is 18.2 Å². The second kappa shape index (κ2) is 6.59. The summed E-state index contributed by atoms with van der Waals surface area (Å²) in [4.78, 5) is 4.63. The summed E-state index contributed by atoms with van der Waals surface area (Å²) in [5.41, 5.74) is 0.836. The molecule has 0 aliphatic carbocycles. The van der Waals surface area contributed by atoms with Crippen LogP contribution < -0.4 is 10.0 Å². The van der Waals surface area contributed by atoms with Crippen molar-refractivity contribution in [2.45, 2.75) is 11.8 Å². The molecule has 1 fully saturated rings. The van der Waals surface area contributed by atoms with Crippen LogP contribution in [0.5, 0.6) is 0 Å². The van der Waals surface area contributed by atoms with Crippen LogP contribution in [0.25, 0.3) is 10.2 Å². The molecular weight excluding hydrogens is 322 g/mol. The SMILES string of the molecule is Cc1nc2ccc(S(=O)(=O)NCC3CNCCOC3)cc2s1. The molecule has 1 aromatic carbocycles. The van der Waals surface area contributed by atoms with Gasteiger partial charge < -0.3 is 10.1 Å². The minimum Gasteiger partial charge on any atom is -0.380 e. The fourth-order valence-corrected chi connectivity index (χ4v) is 4.47. The van der Waals surface area contributed by atoms with Crippen molar-refractivity contribution < 1.29 is 13.2 Å². The Hall–Kier alpha value is -1.06. The van der Waals surface area contributed by atoms with Gasteiger partial charge in [-0.2, -0.15) is 0 Å². The number of nitrogens with one attached hydrogen (secondary N) is 2. The second-order valence-corrected chi connectivity index (χ2v) is 8.36. The molecule has 2 aromatic rings. The second-order valence-electron chi connectivity index (χ2n) is 5.36. The van der Waals surface area contributed by atoms with Crippen LogP contribution in [0.15, 0.2) is 23.1 Å². The lowest BCUT2D eigenvalue weighted by Gasteiger charge is -2.14. The highest BCUT2D eigenvalue weighted by atomic mass is 32.2. The molecule has 1 atom stereocenters. The molecule has 0 spiro atoms. The number of aromatic nitrogens is 1. The Morgan fingerprint density at radius 2 is 2.36 bits per heavy atom. The van der Waals surface area contributed by atoms with Gasteiger partial charge in [-0.3, -0.25) is 0 Å². The van der Waals surface area contributed by atoms with Gasteiger partial charge in [-0.05, 0) is 25.1 Å². The molecule has 3 rings (SSSR count). The summed E-state index contributed by atoms with van der Waals surface area (Å²) in [6.45, 7) is 5.10. The molecule has 0 radical (unpaired) electrons. The summed E-state index contributed by atoms with van der Waals surface area (Å²) in [6, 6.07) is 5.04. The fourth-order valence-electron chi connectivity index (χ4n) is 2.39. The zero-order valence-corrected chi connectivity index (χ0v) is 14.0. The van der Waals surface area contributed by atoms with Crippen molar-refractivity contribution in [3.05, 3.63) is 23.2 Å². The van der Waals surface area contributed by atoms with Crippen molar-refractivity contribution in [1.82, 2.24) is 15.0 Å². The number of sulfonamides is 1. The molecule has 1 saturated heterocycles. The van der Waals surface area contributed by atoms with Gasteiger partial charge in [0.1, 0.15) is 0 Å². The van der Waals surface area contributed by atoms with E-state index in [1.807, 2.05) is 6.92 Å². The van der Waals surface area contributed by atoms with Crippen LogP contribution in [-0.2, 0) is 14.8 Å². The first-order valence-electron chi connectivity index (χ1n) is 7.20. The van der Waals surface area contributed by atoms with Crippen molar-refractivity contribution >= 4 is 31.6 Å². The molecule has 0 bridgehead atoms. The number of hydrogen-bond acceptors (Lipinski definition) is 6.